The van der Waals surface area contributed by atoms with E-state index in [1.54, 1.807) is 18.2 Å². The summed E-state index contributed by atoms with van der Waals surface area (Å²) in [6.45, 7) is 0. The van der Waals surface area contributed by atoms with E-state index in [1.807, 2.05) is 0 Å². The van der Waals surface area contributed by atoms with Crippen molar-refractivity contribution in [2.75, 3.05) is 24.9 Å². The van der Waals surface area contributed by atoms with Crippen LogP contribution in [0.2, 0.25) is 0 Å². The fraction of sp³-hybridized carbons (Fsp3) is 0.0800. The Bertz CT molecular complexity index is 1430. The van der Waals surface area contributed by atoms with Crippen molar-refractivity contribution in [1.29, 1.82) is 0 Å². The molecule has 0 atom stereocenters. The highest BCUT2D eigenvalue weighted by Gasteiger charge is 2.15. The lowest BCUT2D eigenvalue weighted by molar-refractivity contribution is 0.170. The minimum absolute atomic E-state index is 0.0189. The van der Waals surface area contributed by atoms with Gasteiger partial charge < -0.3 is 18.9 Å². The number of pyridine rings is 1. The molecule has 0 aliphatic heterocycles. The molecule has 0 saturated carbocycles. The number of carbonyl (C=O) groups excluding carboxylic acids is 2. The Labute approximate surface area is 203 Å². The zero-order valence-electron chi connectivity index (χ0n) is 19.0. The minimum Gasteiger partial charge on any atom is -0.493 e. The van der Waals surface area contributed by atoms with Crippen LogP contribution in [0.1, 0.15) is 0 Å². The molecule has 0 saturated heterocycles. The zero-order chi connectivity index (χ0) is 25.7. The molecule has 2 N–H and O–H groups in total. The number of fused-ring (bicyclic) bond motifs is 1. The number of anilines is 2. The van der Waals surface area contributed by atoms with Crippen molar-refractivity contribution in [1.82, 2.24) is 4.98 Å². The van der Waals surface area contributed by atoms with E-state index in [2.05, 4.69) is 20.4 Å². The van der Waals surface area contributed by atoms with Crippen LogP contribution in [0.15, 0.2) is 66.9 Å². The number of benzene rings is 3. The van der Waals surface area contributed by atoms with Crippen LogP contribution in [-0.2, 0) is 4.74 Å². The number of ether oxygens (including phenoxy) is 4. The summed E-state index contributed by atoms with van der Waals surface area (Å²) in [7, 11) is 2.99. The first-order valence-corrected chi connectivity index (χ1v) is 10.4. The lowest BCUT2D eigenvalue weighted by Crippen LogP contribution is -2.22. The maximum absolute atomic E-state index is 14.7. The monoisotopic (exact) mass is 495 g/mol. The first-order chi connectivity index (χ1) is 17.4. The molecule has 0 radical (unpaired) electrons. The maximum atomic E-state index is 14.7. The van der Waals surface area contributed by atoms with Crippen molar-refractivity contribution in [2.45, 2.75) is 0 Å². The summed E-state index contributed by atoms with van der Waals surface area (Å²) in [5, 5.41) is 5.06. The molecule has 1 heterocycles. The van der Waals surface area contributed by atoms with Gasteiger partial charge in [-0.1, -0.05) is 0 Å². The molecule has 0 fully saturated rings. The van der Waals surface area contributed by atoms with Crippen LogP contribution >= 0.6 is 0 Å². The van der Waals surface area contributed by atoms with Crippen LogP contribution < -0.4 is 24.8 Å². The Balaban J connectivity index is 1.44. The number of carbonyl (C=O) groups is 2. The summed E-state index contributed by atoms with van der Waals surface area (Å²) in [6.07, 6.45) is -0.746. The number of nitrogens with one attached hydrogen (secondary N) is 2. The minimum atomic E-state index is -1.15. The third-order valence-electron chi connectivity index (χ3n) is 4.88. The van der Waals surface area contributed by atoms with Crippen molar-refractivity contribution in [3.05, 3.63) is 78.5 Å². The van der Waals surface area contributed by atoms with E-state index in [1.165, 1.54) is 44.7 Å². The predicted octanol–water partition coefficient (Wildman–Crippen LogP) is 6.10. The second kappa shape index (κ2) is 10.6. The summed E-state index contributed by atoms with van der Waals surface area (Å²) in [6, 6.07) is 13.4. The SMILES string of the molecule is COc1cc2nccc(Oc3ccc(NC(=O)OC(=O)Nc4ccc(F)cc4)cc3F)c2cc1OC. The van der Waals surface area contributed by atoms with Crippen LogP contribution in [0.5, 0.6) is 23.0 Å². The lowest BCUT2D eigenvalue weighted by atomic mass is 10.2. The van der Waals surface area contributed by atoms with Gasteiger partial charge in [0.25, 0.3) is 0 Å². The van der Waals surface area contributed by atoms with E-state index < -0.39 is 23.8 Å². The second-order valence-electron chi connectivity index (χ2n) is 7.21. The smallest absolute Gasteiger partial charge is 0.420 e. The predicted molar refractivity (Wildman–Crippen MR) is 127 cm³/mol. The van der Waals surface area contributed by atoms with Crippen LogP contribution in [0, 0.1) is 11.6 Å². The van der Waals surface area contributed by atoms with Crippen LogP contribution in [0.4, 0.5) is 29.7 Å². The van der Waals surface area contributed by atoms with Gasteiger partial charge in [0.05, 0.1) is 19.7 Å². The van der Waals surface area contributed by atoms with Gasteiger partial charge >= 0.3 is 12.2 Å². The Morgan fingerprint density at radius 1 is 0.750 bits per heavy atom. The lowest BCUT2D eigenvalue weighted by Gasteiger charge is -2.13. The first-order valence-electron chi connectivity index (χ1n) is 10.4. The number of hydrogen-bond acceptors (Lipinski definition) is 7. The number of rotatable bonds is 6. The molecule has 184 valence electrons. The Morgan fingerprint density at radius 3 is 2.06 bits per heavy atom. The Morgan fingerprint density at radius 2 is 1.39 bits per heavy atom. The number of aromatic nitrogens is 1. The molecule has 0 spiro atoms. The second-order valence-corrected chi connectivity index (χ2v) is 7.21. The van der Waals surface area contributed by atoms with Gasteiger partial charge in [-0.2, -0.15) is 0 Å². The van der Waals surface area contributed by atoms with Crippen molar-refractivity contribution >= 4 is 34.5 Å². The van der Waals surface area contributed by atoms with Crippen LogP contribution in [-0.4, -0.2) is 31.4 Å². The maximum Gasteiger partial charge on any atom is 0.420 e. The molecule has 9 nitrogen and oxygen atoms in total. The molecular formula is C25H19F2N3O6. The molecule has 0 aliphatic rings. The molecule has 1 aromatic heterocycles. The van der Waals surface area contributed by atoms with Gasteiger partial charge in [0.1, 0.15) is 11.6 Å². The highest BCUT2D eigenvalue weighted by atomic mass is 19.1. The number of halogens is 2. The zero-order valence-corrected chi connectivity index (χ0v) is 19.0. The largest absolute Gasteiger partial charge is 0.493 e. The Hall–Kier alpha value is -4.93. The van der Waals surface area contributed by atoms with E-state index in [0.29, 0.717) is 28.2 Å². The van der Waals surface area contributed by atoms with Gasteiger partial charge in [0.15, 0.2) is 23.1 Å². The van der Waals surface area contributed by atoms with E-state index in [9.17, 15) is 18.4 Å². The molecule has 0 aliphatic carbocycles. The molecule has 4 aromatic rings. The average molecular weight is 495 g/mol. The quantitative estimate of drug-likeness (QED) is 0.311. The van der Waals surface area contributed by atoms with Crippen molar-refractivity contribution in [3.8, 4) is 23.0 Å². The third-order valence-corrected chi connectivity index (χ3v) is 4.88. The highest BCUT2D eigenvalue weighted by Crippen LogP contribution is 2.37. The Kier molecular flexibility index (Phi) is 7.10. The molecular weight excluding hydrogens is 476 g/mol. The van der Waals surface area contributed by atoms with Crippen LogP contribution in [0.25, 0.3) is 10.9 Å². The standard InChI is InChI=1S/C25H19F2N3O6/c1-33-22-12-17-19(13-23(22)34-2)28-10-9-20(17)35-21-8-7-16(11-18(21)27)30-25(32)36-24(31)29-15-5-3-14(26)4-6-15/h3-13H,1-2H3,(H,29,31)(H,30,32). The van der Waals surface area contributed by atoms with Gasteiger partial charge in [-0.25, -0.2) is 18.4 Å². The van der Waals surface area contributed by atoms with Crippen molar-refractivity contribution < 1.29 is 37.3 Å². The third kappa shape index (κ3) is 5.58. The molecule has 0 bridgehead atoms. The molecule has 11 heteroatoms. The fourth-order valence-electron chi connectivity index (χ4n) is 3.22. The molecule has 4 rings (SSSR count). The molecule has 3 aromatic carbocycles. The van der Waals surface area contributed by atoms with Gasteiger partial charge in [0.2, 0.25) is 0 Å². The van der Waals surface area contributed by atoms with E-state index in [-0.39, 0.29) is 17.1 Å². The topological polar surface area (TPSA) is 108 Å². The highest BCUT2D eigenvalue weighted by molar-refractivity contribution is 5.97. The average Bonchev–Trinajstić information content (AvgIpc) is 2.86. The summed E-state index contributed by atoms with van der Waals surface area (Å²) >= 11 is 0. The number of hydrogen-bond donors (Lipinski definition) is 2. The molecule has 36 heavy (non-hydrogen) atoms. The summed E-state index contributed by atoms with van der Waals surface area (Å²) in [4.78, 5) is 28.1. The van der Waals surface area contributed by atoms with E-state index >= 15 is 0 Å². The normalized spacial score (nSPS) is 10.4. The number of nitrogens with zero attached hydrogens (tertiary/aromatic N) is 1. The van der Waals surface area contributed by atoms with E-state index in [4.69, 9.17) is 14.2 Å². The summed E-state index contributed by atoms with van der Waals surface area (Å²) in [5.41, 5.74) is 0.789. The molecule has 0 unspecified atom stereocenters. The summed E-state index contributed by atoms with van der Waals surface area (Å²) in [5.74, 6) is -0.144. The summed E-state index contributed by atoms with van der Waals surface area (Å²) < 4.78 is 48.6. The van der Waals surface area contributed by atoms with Gasteiger partial charge in [0, 0.05) is 35.1 Å². The van der Waals surface area contributed by atoms with Crippen LogP contribution in [0.3, 0.4) is 0 Å². The van der Waals surface area contributed by atoms with Crippen molar-refractivity contribution in [2.24, 2.45) is 0 Å². The number of amides is 2. The van der Waals surface area contributed by atoms with Gasteiger partial charge in [-0.05, 0) is 48.5 Å². The molecule has 2 amide bonds. The van der Waals surface area contributed by atoms with Gasteiger partial charge in [-0.3, -0.25) is 15.6 Å². The van der Waals surface area contributed by atoms with E-state index in [0.717, 1.165) is 18.2 Å². The fourth-order valence-corrected chi connectivity index (χ4v) is 3.22. The first kappa shape index (κ1) is 24.2. The van der Waals surface area contributed by atoms with Gasteiger partial charge in [-0.15, -0.1) is 0 Å². The number of methoxy groups -OCH3 is 2. The van der Waals surface area contributed by atoms with Crippen molar-refractivity contribution in [3.63, 3.8) is 0 Å².